The minimum Gasteiger partial charge on any atom is -0.353 e. The normalized spacial score (nSPS) is 22.0. The minimum atomic E-state index is -3.45. The number of carbonyl (C=O) groups excluding carboxylic acids is 1. The van der Waals surface area contributed by atoms with E-state index >= 15 is 0 Å². The summed E-state index contributed by atoms with van der Waals surface area (Å²) in [5.74, 6) is 0.269. The van der Waals surface area contributed by atoms with Gasteiger partial charge < -0.3 is 15.5 Å². The van der Waals surface area contributed by atoms with Gasteiger partial charge in [-0.2, -0.15) is 0 Å². The molecule has 1 unspecified atom stereocenters. The average Bonchev–Trinajstić information content (AvgIpc) is 2.55. The second kappa shape index (κ2) is 11.1. The van der Waals surface area contributed by atoms with Crippen LogP contribution >= 0.6 is 24.8 Å². The summed E-state index contributed by atoms with van der Waals surface area (Å²) in [5.41, 5.74) is 0. The van der Waals surface area contributed by atoms with Crippen molar-refractivity contribution >= 4 is 40.6 Å². The molecule has 156 valence electrons. The van der Waals surface area contributed by atoms with Gasteiger partial charge in [0.15, 0.2) is 14.6 Å². The van der Waals surface area contributed by atoms with Crippen LogP contribution < -0.4 is 10.6 Å². The Bertz CT molecular complexity index is 531. The van der Waals surface area contributed by atoms with Crippen molar-refractivity contribution in [2.24, 2.45) is 5.92 Å². The van der Waals surface area contributed by atoms with Crippen LogP contribution in [0.5, 0.6) is 0 Å². The van der Waals surface area contributed by atoms with E-state index in [0.717, 1.165) is 0 Å². The maximum absolute atomic E-state index is 12.8. The van der Waals surface area contributed by atoms with Gasteiger partial charge in [0.05, 0.1) is 0 Å². The second-order valence-corrected chi connectivity index (χ2v) is 9.98. The van der Waals surface area contributed by atoms with Crippen molar-refractivity contribution in [2.75, 3.05) is 40.0 Å². The van der Waals surface area contributed by atoms with Crippen LogP contribution in [0.1, 0.15) is 44.9 Å². The van der Waals surface area contributed by atoms with E-state index in [1.54, 1.807) is 0 Å². The van der Waals surface area contributed by atoms with E-state index in [4.69, 9.17) is 0 Å². The largest absolute Gasteiger partial charge is 0.353 e. The number of hydrogen-bond donors (Lipinski definition) is 2. The first-order valence-corrected chi connectivity index (χ1v) is 11.0. The van der Waals surface area contributed by atoms with Gasteiger partial charge in [0, 0.05) is 18.8 Å². The fourth-order valence-corrected chi connectivity index (χ4v) is 5.60. The summed E-state index contributed by atoms with van der Waals surface area (Å²) in [7, 11) is 0.642. The minimum absolute atomic E-state index is 0. The Morgan fingerprint density at radius 3 is 2.15 bits per heavy atom. The standard InChI is InChI=1S/C17H33N3O3S.2ClH/c1-20(2)15(14-7-5-4-6-8-14)13-19-16(21)17(24(3,22)23)9-11-18-12-10-17;;/h14-15,18H,4-13H2,1-3H3,(H,19,21);2*1H. The van der Waals surface area contributed by atoms with Crippen LogP contribution in [0.3, 0.4) is 0 Å². The molecule has 1 atom stereocenters. The highest BCUT2D eigenvalue weighted by atomic mass is 35.5. The molecule has 0 aromatic heterocycles. The lowest BCUT2D eigenvalue weighted by Gasteiger charge is -2.37. The highest BCUT2D eigenvalue weighted by Crippen LogP contribution is 2.30. The number of piperidine rings is 1. The molecule has 9 heteroatoms. The first kappa shape index (κ1) is 25.9. The van der Waals surface area contributed by atoms with E-state index in [9.17, 15) is 13.2 Å². The van der Waals surface area contributed by atoms with Gasteiger partial charge in [-0.15, -0.1) is 24.8 Å². The molecule has 1 saturated heterocycles. The summed E-state index contributed by atoms with van der Waals surface area (Å²) in [6.07, 6.45) is 8.10. The lowest BCUT2D eigenvalue weighted by molar-refractivity contribution is -0.124. The number of hydrogen-bond acceptors (Lipinski definition) is 5. The molecule has 0 spiro atoms. The molecule has 0 aromatic carbocycles. The van der Waals surface area contributed by atoms with E-state index in [-0.39, 0.29) is 36.8 Å². The summed E-state index contributed by atoms with van der Waals surface area (Å²) in [5, 5.41) is 6.14. The Labute approximate surface area is 171 Å². The first-order valence-electron chi connectivity index (χ1n) is 9.13. The van der Waals surface area contributed by atoms with Gasteiger partial charge in [0.2, 0.25) is 5.91 Å². The monoisotopic (exact) mass is 431 g/mol. The molecule has 2 aliphatic rings. The van der Waals surface area contributed by atoms with Crippen LogP contribution in [-0.2, 0) is 14.6 Å². The highest BCUT2D eigenvalue weighted by Gasteiger charge is 2.48. The topological polar surface area (TPSA) is 78.5 Å². The Hall–Kier alpha value is -0.0800. The highest BCUT2D eigenvalue weighted by molar-refractivity contribution is 7.92. The quantitative estimate of drug-likeness (QED) is 0.667. The third-order valence-corrected chi connectivity index (χ3v) is 7.88. The molecule has 0 aromatic rings. The molecule has 2 fully saturated rings. The van der Waals surface area contributed by atoms with Crippen molar-refractivity contribution in [1.82, 2.24) is 15.5 Å². The zero-order chi connectivity index (χ0) is 17.8. The third kappa shape index (κ3) is 5.96. The fourth-order valence-electron chi connectivity index (χ4n) is 4.25. The summed E-state index contributed by atoms with van der Waals surface area (Å²) >= 11 is 0. The Balaban J connectivity index is 0.00000312. The SMILES string of the molecule is CN(C)C(CNC(=O)C1(S(C)(=O)=O)CCNCC1)C1CCCCC1.Cl.Cl. The molecule has 0 bridgehead atoms. The van der Waals surface area contributed by atoms with Crippen molar-refractivity contribution in [3.05, 3.63) is 0 Å². The van der Waals surface area contributed by atoms with Crippen molar-refractivity contribution in [3.8, 4) is 0 Å². The molecule has 1 aliphatic carbocycles. The molecule has 1 heterocycles. The number of nitrogens with one attached hydrogen (secondary N) is 2. The van der Waals surface area contributed by atoms with Crippen molar-refractivity contribution in [2.45, 2.75) is 55.7 Å². The molecule has 0 radical (unpaired) electrons. The van der Waals surface area contributed by atoms with Gasteiger partial charge >= 0.3 is 0 Å². The van der Waals surface area contributed by atoms with Crippen LogP contribution in [0, 0.1) is 5.92 Å². The van der Waals surface area contributed by atoms with Crippen LogP contribution in [-0.4, -0.2) is 70.0 Å². The van der Waals surface area contributed by atoms with Crippen LogP contribution in [0.15, 0.2) is 0 Å². The summed E-state index contributed by atoms with van der Waals surface area (Å²) in [6, 6.07) is 0.271. The molecular weight excluding hydrogens is 397 g/mol. The number of halogens is 2. The van der Waals surface area contributed by atoms with Gasteiger partial charge in [-0.05, 0) is 58.8 Å². The number of rotatable bonds is 6. The molecule has 26 heavy (non-hydrogen) atoms. The zero-order valence-corrected chi connectivity index (χ0v) is 18.6. The zero-order valence-electron chi connectivity index (χ0n) is 16.1. The molecule has 1 saturated carbocycles. The van der Waals surface area contributed by atoms with Crippen LogP contribution in [0.4, 0.5) is 0 Å². The number of likely N-dealkylation sites (N-methyl/N-ethyl adjacent to an activating group) is 1. The first-order chi connectivity index (χ1) is 11.3. The number of amides is 1. The van der Waals surface area contributed by atoms with Crippen molar-refractivity contribution in [1.29, 1.82) is 0 Å². The van der Waals surface area contributed by atoms with Gasteiger partial charge in [-0.1, -0.05) is 19.3 Å². The molecule has 2 rings (SSSR count). The maximum atomic E-state index is 12.8. The van der Waals surface area contributed by atoms with Gasteiger partial charge in [-0.25, -0.2) is 8.42 Å². The maximum Gasteiger partial charge on any atom is 0.241 e. The Morgan fingerprint density at radius 2 is 1.69 bits per heavy atom. The molecule has 6 nitrogen and oxygen atoms in total. The summed E-state index contributed by atoms with van der Waals surface area (Å²) in [4.78, 5) is 15.0. The van der Waals surface area contributed by atoms with E-state index in [0.29, 0.717) is 38.4 Å². The third-order valence-electron chi connectivity index (χ3n) is 5.86. The van der Waals surface area contributed by atoms with E-state index in [1.807, 2.05) is 14.1 Å². The number of carbonyl (C=O) groups is 1. The average molecular weight is 432 g/mol. The Kier molecular flexibility index (Phi) is 11.0. The van der Waals surface area contributed by atoms with Crippen molar-refractivity contribution in [3.63, 3.8) is 0 Å². The molecule has 1 amide bonds. The van der Waals surface area contributed by atoms with Gasteiger partial charge in [-0.3, -0.25) is 4.79 Å². The second-order valence-electron chi connectivity index (χ2n) is 7.66. The predicted octanol–water partition coefficient (Wildman–Crippen LogP) is 1.62. The van der Waals surface area contributed by atoms with E-state index in [2.05, 4.69) is 15.5 Å². The van der Waals surface area contributed by atoms with E-state index in [1.165, 1.54) is 38.4 Å². The molecular formula is C17H35Cl2N3O3S. The van der Waals surface area contributed by atoms with Gasteiger partial charge in [0.25, 0.3) is 0 Å². The summed E-state index contributed by atoms with van der Waals surface area (Å²) < 4.78 is 23.4. The number of sulfone groups is 1. The van der Waals surface area contributed by atoms with Crippen LogP contribution in [0.2, 0.25) is 0 Å². The fraction of sp³-hybridized carbons (Fsp3) is 0.941. The van der Waals surface area contributed by atoms with E-state index < -0.39 is 14.6 Å². The smallest absolute Gasteiger partial charge is 0.241 e. The van der Waals surface area contributed by atoms with Crippen LogP contribution in [0.25, 0.3) is 0 Å². The Morgan fingerprint density at radius 1 is 1.15 bits per heavy atom. The predicted molar refractivity (Wildman–Crippen MR) is 111 cm³/mol. The molecule has 2 N–H and O–H groups in total. The lowest BCUT2D eigenvalue weighted by Crippen LogP contribution is -2.59. The molecule has 1 aliphatic heterocycles. The lowest BCUT2D eigenvalue weighted by atomic mass is 9.83. The summed E-state index contributed by atoms with van der Waals surface area (Å²) in [6.45, 7) is 1.67. The van der Waals surface area contributed by atoms with Crippen molar-refractivity contribution < 1.29 is 13.2 Å². The van der Waals surface area contributed by atoms with Gasteiger partial charge in [0.1, 0.15) is 0 Å². The number of nitrogens with zero attached hydrogens (tertiary/aromatic N) is 1.